The number of nitrogens with one attached hydrogen (secondary N) is 6. The zero-order valence-electron chi connectivity index (χ0n) is 50.4. The van der Waals surface area contributed by atoms with Gasteiger partial charge in [-0.25, -0.2) is 13.2 Å². The Labute approximate surface area is 503 Å². The number of urea groups is 1. The molecule has 1 saturated heterocycles. The van der Waals surface area contributed by atoms with Crippen LogP contribution in [-0.4, -0.2) is 157 Å². The molecule has 0 bridgehead atoms. The molecule has 3 aromatic rings. The third kappa shape index (κ3) is 17.6. The van der Waals surface area contributed by atoms with Gasteiger partial charge in [-0.2, -0.15) is 0 Å². The highest BCUT2D eigenvalue weighted by atomic mass is 32.2. The van der Waals surface area contributed by atoms with Crippen molar-refractivity contribution in [1.82, 2.24) is 31.5 Å². The summed E-state index contributed by atoms with van der Waals surface area (Å²) in [5.74, 6) is -8.00. The van der Waals surface area contributed by atoms with E-state index in [4.69, 9.17) is 23.6 Å². The van der Waals surface area contributed by atoms with E-state index in [1.54, 1.807) is 33.8 Å². The lowest BCUT2D eigenvalue weighted by Crippen LogP contribution is -2.56. The number of rotatable bonds is 32. The van der Waals surface area contributed by atoms with Gasteiger partial charge in [-0.1, -0.05) is 65.0 Å². The van der Waals surface area contributed by atoms with Crippen LogP contribution in [0.1, 0.15) is 133 Å². The van der Waals surface area contributed by atoms with Crippen LogP contribution in [0.2, 0.25) is 6.04 Å². The standard InChI is InChI=1S/C58H82N8O17S2Si/c1-11-81-86(82-12-2,83-13-3)28-18-24-61-58(75)63-36(9)45(67)29-35(8)54(71)62-37(10)57(74)66-26-17-23-44(66)56(73)65-51(34(6)7)46(68)31-42(33(4)5)55(72)60-25-27-84(76,77)39-20-16-19-38(30-39)64-43-32-47(85(78,79)80)50(59)49-48(43)52(69)40-21-14-15-22-41(40)53(49)70/h14-16,19-22,30,32-37,42,44,51,64H,11-13,17-18,23-29,31,59H2,1-10H3,(H,60,72)(H,62,71)(H,65,73)(H2,61,63,75)(H,78,79,80)/p+1. The Hall–Kier alpha value is -6.95. The van der Waals surface area contributed by atoms with Gasteiger partial charge < -0.3 is 60.4 Å². The minimum absolute atomic E-state index is 0.0142. The van der Waals surface area contributed by atoms with E-state index < -0.39 is 151 Å². The Balaban J connectivity index is 1.13. The van der Waals surface area contributed by atoms with Crippen molar-refractivity contribution in [3.8, 4) is 0 Å². The number of anilines is 3. The minimum Gasteiger partial charge on any atom is -0.397 e. The maximum absolute atomic E-state index is 14.0. The number of Topliss-reactive ketones (excluding diaryl/α,β-unsaturated/α-hetero) is 2. The van der Waals surface area contributed by atoms with Crippen molar-refractivity contribution in [3.63, 3.8) is 0 Å². The SMILES string of the molecule is CCO[Si](CCCNC(=O)NC(C)C(=O)CC(C)C(=O)NC(C)C(=O)N1CCCC1C(=O)NC(C(=O)CC(C(=O)NCCS(=O)(=O)c1cccc(Nc2cc(S(=O)(=O)[OH2+])c(N)c3c2C(=O)c2ccccc2C3=O)c1)C(C)C)C(C)C)(OCC)OCC. The number of hydrogen-bond donors (Lipinski definition) is 7. The number of fused-ring (bicyclic) bond motifs is 2. The number of hydrogen-bond acceptors (Lipinski definition) is 18. The van der Waals surface area contributed by atoms with Gasteiger partial charge in [0.2, 0.25) is 23.6 Å². The molecule has 6 amide bonds. The van der Waals surface area contributed by atoms with Crippen LogP contribution in [0.3, 0.4) is 0 Å². The minimum atomic E-state index is -4.79. The molecule has 3 aromatic carbocycles. The number of nitrogens with two attached hydrogens (primary N) is 1. The summed E-state index contributed by atoms with van der Waals surface area (Å²) in [4.78, 5) is 122. The van der Waals surface area contributed by atoms with Crippen LogP contribution in [0, 0.1) is 23.7 Å². The summed E-state index contributed by atoms with van der Waals surface area (Å²) in [6, 6.07) is 7.91. The molecule has 1 aliphatic heterocycles. The lowest BCUT2D eigenvalue weighted by molar-refractivity contribution is -0.142. The van der Waals surface area contributed by atoms with E-state index in [-0.39, 0.29) is 71.9 Å². The summed E-state index contributed by atoms with van der Waals surface area (Å²) >= 11 is 0. The van der Waals surface area contributed by atoms with Gasteiger partial charge >= 0.3 is 25.0 Å². The molecule has 0 aromatic heterocycles. The van der Waals surface area contributed by atoms with Crippen molar-refractivity contribution in [2.75, 3.05) is 56.3 Å². The van der Waals surface area contributed by atoms with Crippen LogP contribution in [-0.2, 0) is 62.0 Å². The van der Waals surface area contributed by atoms with Crippen molar-refractivity contribution in [1.29, 1.82) is 0 Å². The summed E-state index contributed by atoms with van der Waals surface area (Å²) in [6.07, 6.45) is 0.654. The first-order chi connectivity index (χ1) is 40.4. The first-order valence-electron chi connectivity index (χ1n) is 28.9. The van der Waals surface area contributed by atoms with Crippen LogP contribution in [0.5, 0.6) is 0 Å². The van der Waals surface area contributed by atoms with Crippen molar-refractivity contribution < 1.29 is 77.8 Å². The van der Waals surface area contributed by atoms with E-state index in [9.17, 15) is 60.0 Å². The molecule has 0 spiro atoms. The largest absolute Gasteiger partial charge is 0.500 e. The highest BCUT2D eigenvalue weighted by molar-refractivity contribution is 7.91. The lowest BCUT2D eigenvalue weighted by Gasteiger charge is -2.30. The fourth-order valence-electron chi connectivity index (χ4n) is 10.3. The molecule has 1 fully saturated rings. The summed E-state index contributed by atoms with van der Waals surface area (Å²) < 4.78 is 77.9. The molecule has 5 rings (SSSR count). The molecule has 6 unspecified atom stereocenters. The zero-order chi connectivity index (χ0) is 64.0. The van der Waals surface area contributed by atoms with Gasteiger partial charge in [0.15, 0.2) is 37.9 Å². The molecule has 0 saturated carbocycles. The lowest BCUT2D eigenvalue weighted by atomic mass is 9.82. The van der Waals surface area contributed by atoms with Gasteiger partial charge in [-0.15, -0.1) is 8.42 Å². The number of sulfone groups is 1. The average Bonchev–Trinajstić information content (AvgIpc) is 0.963. The van der Waals surface area contributed by atoms with Crippen LogP contribution in [0.4, 0.5) is 21.9 Å². The van der Waals surface area contributed by atoms with Crippen molar-refractivity contribution in [2.45, 2.75) is 141 Å². The first kappa shape index (κ1) is 69.8. The Morgan fingerprint density at radius 3 is 1.92 bits per heavy atom. The Morgan fingerprint density at radius 1 is 0.721 bits per heavy atom. The van der Waals surface area contributed by atoms with E-state index in [0.29, 0.717) is 38.7 Å². The smallest absolute Gasteiger partial charge is 0.397 e. The molecule has 10 N–H and O–H groups in total. The number of amides is 6. The molecule has 1 heterocycles. The van der Waals surface area contributed by atoms with E-state index >= 15 is 0 Å². The van der Waals surface area contributed by atoms with Crippen molar-refractivity contribution >= 4 is 98.6 Å². The highest BCUT2D eigenvalue weighted by Gasteiger charge is 2.42. The molecular weight excluding hydrogens is 1170 g/mol. The summed E-state index contributed by atoms with van der Waals surface area (Å²) in [7, 11) is -11.9. The van der Waals surface area contributed by atoms with E-state index in [0.717, 1.165) is 6.07 Å². The van der Waals surface area contributed by atoms with Crippen LogP contribution in [0.15, 0.2) is 64.4 Å². The predicted molar refractivity (Wildman–Crippen MR) is 322 cm³/mol. The monoisotopic (exact) mass is 1260 g/mol. The van der Waals surface area contributed by atoms with Crippen molar-refractivity contribution in [2.24, 2.45) is 23.7 Å². The van der Waals surface area contributed by atoms with Crippen LogP contribution >= 0.6 is 0 Å². The first-order valence-corrected chi connectivity index (χ1v) is 33.9. The van der Waals surface area contributed by atoms with Gasteiger partial charge in [-0.05, 0) is 90.0 Å². The maximum atomic E-state index is 14.0. The van der Waals surface area contributed by atoms with Gasteiger partial charge in [0, 0.05) is 87.0 Å². The molecule has 1 aliphatic carbocycles. The highest BCUT2D eigenvalue weighted by Crippen LogP contribution is 2.40. The van der Waals surface area contributed by atoms with E-state index in [2.05, 4.69) is 31.9 Å². The van der Waals surface area contributed by atoms with Gasteiger partial charge in [-0.3, -0.25) is 38.4 Å². The van der Waals surface area contributed by atoms with E-state index in [1.807, 2.05) is 20.8 Å². The second-order valence-corrected chi connectivity index (χ2v) is 28.3. The summed E-state index contributed by atoms with van der Waals surface area (Å²) in [5.41, 5.74) is 4.73. The third-order valence-electron chi connectivity index (χ3n) is 14.9. The zero-order valence-corrected chi connectivity index (χ0v) is 53.0. The molecule has 25 nitrogen and oxygen atoms in total. The Bertz CT molecular complexity index is 3250. The summed E-state index contributed by atoms with van der Waals surface area (Å²) in [5, 5.41) is 16.2. The van der Waals surface area contributed by atoms with Gasteiger partial charge in [0.1, 0.15) is 12.1 Å². The predicted octanol–water partition coefficient (Wildman–Crippen LogP) is 3.68. The molecule has 2 aliphatic rings. The maximum Gasteiger partial charge on any atom is 0.500 e. The molecule has 472 valence electrons. The van der Waals surface area contributed by atoms with Crippen molar-refractivity contribution in [3.05, 3.63) is 76.9 Å². The van der Waals surface area contributed by atoms with Gasteiger partial charge in [0.05, 0.1) is 45.2 Å². The quantitative estimate of drug-likeness (QED) is 0.0159. The molecule has 86 heavy (non-hydrogen) atoms. The van der Waals surface area contributed by atoms with Gasteiger partial charge in [0.25, 0.3) is 0 Å². The molecule has 6 atom stereocenters. The number of carbonyl (C=O) groups excluding carboxylic acids is 9. The third-order valence-corrected chi connectivity index (χ3v) is 20.7. The molecule has 28 heteroatoms. The number of likely N-dealkylation sites (tertiary alicyclic amines) is 1. The topological polar surface area (TPSA) is 374 Å². The second-order valence-electron chi connectivity index (χ2n) is 22.0. The van der Waals surface area contributed by atoms with Crippen LogP contribution < -0.4 is 37.6 Å². The number of nitrogens with zero attached hydrogens (tertiary/aromatic N) is 1. The fourth-order valence-corrected chi connectivity index (χ4v) is 14.8. The Kier molecular flexibility index (Phi) is 24.8. The number of ketones is 4. The summed E-state index contributed by atoms with van der Waals surface area (Å²) in [6.45, 7) is 18.2. The number of nitrogen functional groups attached to an aromatic ring is 1. The second kappa shape index (κ2) is 30.6. The van der Waals surface area contributed by atoms with E-state index in [1.165, 1.54) is 68.1 Å². The van der Waals surface area contributed by atoms with Crippen LogP contribution in [0.25, 0.3) is 0 Å². The Morgan fingerprint density at radius 2 is 1.34 bits per heavy atom. The average molecular weight is 1260 g/mol. The number of benzene rings is 3. The normalized spacial score (nSPS) is 16.1. The molecular formula is C58H83N8O17S2Si+. The molecule has 0 radical (unpaired) electrons. The number of carbonyl (C=O) groups is 9. The fraction of sp³-hybridized carbons (Fsp3) is 0.534.